The summed E-state index contributed by atoms with van der Waals surface area (Å²) in [5.74, 6) is -0.0159. The number of nitrogens with zero attached hydrogens (tertiary/aromatic N) is 3. The van der Waals surface area contributed by atoms with Gasteiger partial charge in [-0.15, -0.1) is 0 Å². The third kappa shape index (κ3) is 4.52. The van der Waals surface area contributed by atoms with Crippen molar-refractivity contribution in [2.24, 2.45) is 0 Å². The molecule has 0 saturated carbocycles. The zero-order valence-electron chi connectivity index (χ0n) is 17.6. The summed E-state index contributed by atoms with van der Waals surface area (Å²) in [6.07, 6.45) is 0. The lowest BCUT2D eigenvalue weighted by Crippen LogP contribution is -2.43. The number of aryl methyl sites for hydroxylation is 3. The second kappa shape index (κ2) is 9.02. The number of rotatable bonds is 5. The summed E-state index contributed by atoms with van der Waals surface area (Å²) in [4.78, 5) is 22.6. The first-order valence-corrected chi connectivity index (χ1v) is 11.4. The molecule has 158 valence electrons. The van der Waals surface area contributed by atoms with Gasteiger partial charge >= 0.3 is 0 Å². The Morgan fingerprint density at radius 2 is 1.87 bits per heavy atom. The summed E-state index contributed by atoms with van der Waals surface area (Å²) in [7, 11) is 0. The maximum atomic E-state index is 13.6. The van der Waals surface area contributed by atoms with Gasteiger partial charge in [-0.2, -0.15) is 0 Å². The van der Waals surface area contributed by atoms with Crippen molar-refractivity contribution < 1.29 is 9.53 Å². The first-order valence-electron chi connectivity index (χ1n) is 10.2. The van der Waals surface area contributed by atoms with E-state index in [-0.39, 0.29) is 5.91 Å². The number of thiazole rings is 1. The highest BCUT2D eigenvalue weighted by Gasteiger charge is 2.24. The second-order valence-corrected chi connectivity index (χ2v) is 9.22. The SMILES string of the molecule is Cc1cc(C)cc(C(=O)N(CCN2CCOCC2)c2nc3c(C)c(Cl)ccc3s2)c1. The van der Waals surface area contributed by atoms with Crippen molar-refractivity contribution in [1.29, 1.82) is 0 Å². The van der Waals surface area contributed by atoms with Crippen LogP contribution < -0.4 is 4.90 Å². The van der Waals surface area contributed by atoms with E-state index < -0.39 is 0 Å². The van der Waals surface area contributed by atoms with Gasteiger partial charge in [0.1, 0.15) is 0 Å². The quantitative estimate of drug-likeness (QED) is 0.565. The average molecular weight is 444 g/mol. The summed E-state index contributed by atoms with van der Waals surface area (Å²) in [5.41, 5.74) is 4.68. The molecule has 0 unspecified atom stereocenters. The third-order valence-electron chi connectivity index (χ3n) is 5.42. The number of amides is 1. The van der Waals surface area contributed by atoms with Gasteiger partial charge in [0, 0.05) is 36.8 Å². The minimum Gasteiger partial charge on any atom is -0.379 e. The minimum absolute atomic E-state index is 0.0159. The van der Waals surface area contributed by atoms with E-state index in [0.717, 1.165) is 59.8 Å². The summed E-state index contributed by atoms with van der Waals surface area (Å²) in [6.45, 7) is 10.6. The summed E-state index contributed by atoms with van der Waals surface area (Å²) >= 11 is 7.84. The van der Waals surface area contributed by atoms with Crippen LogP contribution in [0.25, 0.3) is 10.2 Å². The van der Waals surface area contributed by atoms with E-state index in [1.807, 2.05) is 49.9 Å². The van der Waals surface area contributed by atoms with Gasteiger partial charge in [0.2, 0.25) is 0 Å². The van der Waals surface area contributed by atoms with E-state index in [1.165, 1.54) is 11.3 Å². The fourth-order valence-electron chi connectivity index (χ4n) is 3.81. The molecule has 30 heavy (non-hydrogen) atoms. The molecule has 2 aromatic carbocycles. The molecule has 1 aromatic heterocycles. The molecule has 1 aliphatic rings. The van der Waals surface area contributed by atoms with E-state index in [2.05, 4.69) is 11.0 Å². The normalized spacial score (nSPS) is 14.9. The van der Waals surface area contributed by atoms with Crippen LogP contribution in [-0.2, 0) is 4.74 Å². The van der Waals surface area contributed by atoms with Crippen LogP contribution in [0, 0.1) is 20.8 Å². The molecule has 0 bridgehead atoms. The Balaban J connectivity index is 1.69. The number of fused-ring (bicyclic) bond motifs is 1. The van der Waals surface area contributed by atoms with Crippen LogP contribution in [0.4, 0.5) is 5.13 Å². The van der Waals surface area contributed by atoms with Crippen molar-refractivity contribution in [3.8, 4) is 0 Å². The first-order chi connectivity index (χ1) is 14.4. The Labute approximate surface area is 186 Å². The maximum absolute atomic E-state index is 13.6. The lowest BCUT2D eigenvalue weighted by Gasteiger charge is -2.29. The molecule has 1 fully saturated rings. The number of benzene rings is 2. The highest BCUT2D eigenvalue weighted by Crippen LogP contribution is 2.34. The molecule has 3 aromatic rings. The molecule has 0 atom stereocenters. The number of hydrogen-bond acceptors (Lipinski definition) is 5. The molecular formula is C23H26ClN3O2S. The Morgan fingerprint density at radius 3 is 2.57 bits per heavy atom. The third-order valence-corrected chi connectivity index (χ3v) is 6.88. The number of ether oxygens (including phenoxy) is 1. The fourth-order valence-corrected chi connectivity index (χ4v) is 5.01. The number of halogens is 1. The van der Waals surface area contributed by atoms with Crippen molar-refractivity contribution in [2.45, 2.75) is 20.8 Å². The van der Waals surface area contributed by atoms with Crippen molar-refractivity contribution in [1.82, 2.24) is 9.88 Å². The highest BCUT2D eigenvalue weighted by molar-refractivity contribution is 7.22. The lowest BCUT2D eigenvalue weighted by atomic mass is 10.1. The topological polar surface area (TPSA) is 45.7 Å². The fraction of sp³-hybridized carbons (Fsp3) is 0.391. The van der Waals surface area contributed by atoms with Crippen LogP contribution in [0.2, 0.25) is 5.02 Å². The Morgan fingerprint density at radius 1 is 1.17 bits per heavy atom. The largest absolute Gasteiger partial charge is 0.379 e. The summed E-state index contributed by atoms with van der Waals surface area (Å²) in [5, 5.41) is 1.41. The molecule has 4 rings (SSSR count). The number of morpholine rings is 1. The smallest absolute Gasteiger partial charge is 0.260 e. The number of aromatic nitrogens is 1. The molecule has 1 aliphatic heterocycles. The Bertz CT molecular complexity index is 1060. The van der Waals surface area contributed by atoms with Gasteiger partial charge in [0.05, 0.1) is 23.4 Å². The van der Waals surface area contributed by atoms with Gasteiger partial charge in [-0.05, 0) is 50.6 Å². The molecule has 0 aliphatic carbocycles. The van der Waals surface area contributed by atoms with E-state index >= 15 is 0 Å². The first kappa shape index (κ1) is 21.2. The van der Waals surface area contributed by atoms with Gasteiger partial charge in [0.15, 0.2) is 5.13 Å². The second-order valence-electron chi connectivity index (χ2n) is 7.80. The number of carbonyl (C=O) groups is 1. The van der Waals surface area contributed by atoms with Crippen LogP contribution in [-0.4, -0.2) is 55.2 Å². The van der Waals surface area contributed by atoms with Crippen LogP contribution in [0.15, 0.2) is 30.3 Å². The van der Waals surface area contributed by atoms with Crippen molar-refractivity contribution >= 4 is 44.2 Å². The molecule has 0 radical (unpaired) electrons. The average Bonchev–Trinajstić information content (AvgIpc) is 3.15. The summed E-state index contributed by atoms with van der Waals surface area (Å²) < 4.78 is 6.49. The molecule has 0 N–H and O–H groups in total. The highest BCUT2D eigenvalue weighted by atomic mass is 35.5. The molecule has 5 nitrogen and oxygen atoms in total. The van der Waals surface area contributed by atoms with E-state index in [0.29, 0.717) is 22.3 Å². The predicted molar refractivity (Wildman–Crippen MR) is 124 cm³/mol. The molecule has 1 amide bonds. The molecule has 7 heteroatoms. The summed E-state index contributed by atoms with van der Waals surface area (Å²) in [6, 6.07) is 9.86. The van der Waals surface area contributed by atoms with Crippen molar-refractivity contribution in [2.75, 3.05) is 44.3 Å². The van der Waals surface area contributed by atoms with Gasteiger partial charge < -0.3 is 4.74 Å². The van der Waals surface area contributed by atoms with Crippen LogP contribution >= 0.6 is 22.9 Å². The Hall–Kier alpha value is -1.99. The molecule has 2 heterocycles. The molecular weight excluding hydrogens is 418 g/mol. The van der Waals surface area contributed by atoms with Crippen molar-refractivity contribution in [3.63, 3.8) is 0 Å². The van der Waals surface area contributed by atoms with Crippen LogP contribution in [0.1, 0.15) is 27.0 Å². The van der Waals surface area contributed by atoms with E-state index in [4.69, 9.17) is 21.3 Å². The zero-order chi connectivity index (χ0) is 21.3. The Kier molecular flexibility index (Phi) is 6.39. The molecule has 0 spiro atoms. The van der Waals surface area contributed by atoms with Crippen LogP contribution in [0.5, 0.6) is 0 Å². The number of anilines is 1. The predicted octanol–water partition coefficient (Wildman–Crippen LogP) is 4.85. The van der Waals surface area contributed by atoms with Crippen LogP contribution in [0.3, 0.4) is 0 Å². The lowest BCUT2D eigenvalue weighted by molar-refractivity contribution is 0.0391. The maximum Gasteiger partial charge on any atom is 0.260 e. The van der Waals surface area contributed by atoms with Gasteiger partial charge in [-0.3, -0.25) is 14.6 Å². The monoisotopic (exact) mass is 443 g/mol. The van der Waals surface area contributed by atoms with E-state index in [1.54, 1.807) is 0 Å². The van der Waals surface area contributed by atoms with Gasteiger partial charge in [-0.25, -0.2) is 4.98 Å². The van der Waals surface area contributed by atoms with Crippen molar-refractivity contribution in [3.05, 3.63) is 57.6 Å². The van der Waals surface area contributed by atoms with Gasteiger partial charge in [-0.1, -0.05) is 40.1 Å². The number of hydrogen-bond donors (Lipinski definition) is 0. The van der Waals surface area contributed by atoms with E-state index in [9.17, 15) is 4.79 Å². The molecule has 1 saturated heterocycles. The minimum atomic E-state index is -0.0159. The number of carbonyl (C=O) groups excluding carboxylic acids is 1. The van der Waals surface area contributed by atoms with Gasteiger partial charge in [0.25, 0.3) is 5.91 Å². The zero-order valence-corrected chi connectivity index (χ0v) is 19.1. The standard InChI is InChI=1S/C23H26ClN3O2S/c1-15-12-16(2)14-18(13-15)22(28)27(7-6-26-8-10-29-11-9-26)23-25-21-17(3)19(24)4-5-20(21)30-23/h4-5,12-14H,6-11H2,1-3H3.